The summed E-state index contributed by atoms with van der Waals surface area (Å²) < 4.78 is 26.8. The molecule has 1 aromatic carbocycles. The van der Waals surface area contributed by atoms with E-state index in [-0.39, 0.29) is 5.03 Å². The first-order valence-electron chi connectivity index (χ1n) is 6.51. The molecule has 0 saturated carbocycles. The highest BCUT2D eigenvalue weighted by Gasteiger charge is 2.17. The van der Waals surface area contributed by atoms with Crippen LogP contribution in [0.5, 0.6) is 0 Å². The highest BCUT2D eigenvalue weighted by molar-refractivity contribution is 7.92. The molecule has 1 N–H and O–H groups in total. The summed E-state index contributed by atoms with van der Waals surface area (Å²) in [6.07, 6.45) is 1.44. The molecule has 7 heteroatoms. The van der Waals surface area contributed by atoms with Crippen molar-refractivity contribution in [3.8, 4) is 11.3 Å². The van der Waals surface area contributed by atoms with Gasteiger partial charge in [0, 0.05) is 17.1 Å². The van der Waals surface area contributed by atoms with Crippen molar-refractivity contribution in [2.45, 2.75) is 11.9 Å². The number of aryl methyl sites for hydroxylation is 1. The van der Waals surface area contributed by atoms with E-state index in [0.29, 0.717) is 5.13 Å². The minimum Gasteiger partial charge on any atom is -0.253 e. The van der Waals surface area contributed by atoms with Crippen LogP contribution in [-0.4, -0.2) is 18.4 Å². The number of pyridine rings is 1. The molecule has 2 aromatic heterocycles. The number of nitrogens with zero attached hydrogens (tertiary/aromatic N) is 2. The Morgan fingerprint density at radius 2 is 1.86 bits per heavy atom. The normalized spacial score (nSPS) is 11.3. The number of benzene rings is 1. The van der Waals surface area contributed by atoms with E-state index in [0.717, 1.165) is 16.8 Å². The van der Waals surface area contributed by atoms with Gasteiger partial charge in [-0.15, -0.1) is 11.3 Å². The summed E-state index contributed by atoms with van der Waals surface area (Å²) in [6.45, 7) is 2.01. The largest absolute Gasteiger partial charge is 0.281 e. The van der Waals surface area contributed by atoms with Gasteiger partial charge in [-0.3, -0.25) is 4.72 Å². The van der Waals surface area contributed by atoms with E-state index in [2.05, 4.69) is 14.7 Å². The summed E-state index contributed by atoms with van der Waals surface area (Å²) in [6, 6.07) is 12.6. The Balaban J connectivity index is 1.84. The molecule has 22 heavy (non-hydrogen) atoms. The summed E-state index contributed by atoms with van der Waals surface area (Å²) in [7, 11) is -3.70. The Morgan fingerprint density at radius 1 is 1.09 bits per heavy atom. The van der Waals surface area contributed by atoms with Crippen molar-refractivity contribution in [3.05, 3.63) is 59.6 Å². The number of sulfonamides is 1. The van der Waals surface area contributed by atoms with Gasteiger partial charge in [-0.05, 0) is 19.1 Å². The first-order valence-corrected chi connectivity index (χ1v) is 8.87. The van der Waals surface area contributed by atoms with Crippen molar-refractivity contribution in [1.29, 1.82) is 0 Å². The predicted octanol–water partition coefficient (Wildman–Crippen LogP) is 3.31. The maximum Gasteiger partial charge on any atom is 0.281 e. The first-order chi connectivity index (χ1) is 10.5. The van der Waals surface area contributed by atoms with E-state index in [9.17, 15) is 8.42 Å². The SMILES string of the molecule is Cc1ccc(-c2csc(NS(=O)(=O)c3ccccn3)n2)cc1. The number of hydrogen-bond acceptors (Lipinski definition) is 5. The lowest BCUT2D eigenvalue weighted by molar-refractivity contribution is 0.597. The van der Waals surface area contributed by atoms with Crippen LogP contribution >= 0.6 is 11.3 Å². The van der Waals surface area contributed by atoms with E-state index in [1.54, 1.807) is 12.1 Å². The molecule has 0 aliphatic heterocycles. The summed E-state index contributed by atoms with van der Waals surface area (Å²) >= 11 is 1.24. The molecule has 0 aliphatic carbocycles. The van der Waals surface area contributed by atoms with Crippen LogP contribution in [0, 0.1) is 6.92 Å². The molecule has 0 aliphatic rings. The second kappa shape index (κ2) is 5.86. The van der Waals surface area contributed by atoms with Gasteiger partial charge in [0.05, 0.1) is 5.69 Å². The van der Waals surface area contributed by atoms with Crippen LogP contribution in [0.25, 0.3) is 11.3 Å². The fourth-order valence-electron chi connectivity index (χ4n) is 1.85. The lowest BCUT2D eigenvalue weighted by atomic mass is 10.1. The molecule has 0 amide bonds. The van der Waals surface area contributed by atoms with Crippen LogP contribution in [0.4, 0.5) is 5.13 Å². The standard InChI is InChI=1S/C15H13N3O2S2/c1-11-5-7-12(8-6-11)13-10-21-15(17-13)18-22(19,20)14-4-2-3-9-16-14/h2-10H,1H3,(H,17,18). The number of hydrogen-bond donors (Lipinski definition) is 1. The summed E-state index contributed by atoms with van der Waals surface area (Å²) in [5, 5.41) is 2.12. The fourth-order valence-corrected chi connectivity index (χ4v) is 3.77. The zero-order chi connectivity index (χ0) is 15.6. The lowest BCUT2D eigenvalue weighted by Crippen LogP contribution is -2.14. The van der Waals surface area contributed by atoms with Crippen LogP contribution in [0.1, 0.15) is 5.56 Å². The number of anilines is 1. The lowest BCUT2D eigenvalue weighted by Gasteiger charge is -2.03. The van der Waals surface area contributed by atoms with Crippen LogP contribution < -0.4 is 4.72 Å². The van der Waals surface area contributed by atoms with E-state index in [4.69, 9.17) is 0 Å². The Hall–Kier alpha value is -2.25. The molecule has 3 aromatic rings. The maximum atomic E-state index is 12.2. The molecule has 0 radical (unpaired) electrons. The second-order valence-electron chi connectivity index (χ2n) is 4.68. The van der Waals surface area contributed by atoms with Crippen molar-refractivity contribution in [3.63, 3.8) is 0 Å². The van der Waals surface area contributed by atoms with Gasteiger partial charge in [-0.25, -0.2) is 9.97 Å². The molecule has 0 fully saturated rings. The minimum atomic E-state index is -3.70. The van der Waals surface area contributed by atoms with E-state index < -0.39 is 10.0 Å². The summed E-state index contributed by atoms with van der Waals surface area (Å²) in [4.78, 5) is 8.17. The van der Waals surface area contributed by atoms with Crippen LogP contribution in [0.2, 0.25) is 0 Å². The smallest absolute Gasteiger partial charge is 0.253 e. The average molecular weight is 331 g/mol. The van der Waals surface area contributed by atoms with Gasteiger partial charge in [0.2, 0.25) is 0 Å². The molecular formula is C15H13N3O2S2. The molecule has 0 bridgehead atoms. The topological polar surface area (TPSA) is 72.0 Å². The van der Waals surface area contributed by atoms with Crippen LogP contribution in [0.3, 0.4) is 0 Å². The number of rotatable bonds is 4. The monoisotopic (exact) mass is 331 g/mol. The third kappa shape index (κ3) is 3.15. The number of aromatic nitrogens is 2. The fraction of sp³-hybridized carbons (Fsp3) is 0.0667. The summed E-state index contributed by atoms with van der Waals surface area (Å²) in [5.41, 5.74) is 2.85. The highest BCUT2D eigenvalue weighted by atomic mass is 32.2. The molecule has 5 nitrogen and oxygen atoms in total. The number of thiazole rings is 1. The zero-order valence-electron chi connectivity index (χ0n) is 11.7. The van der Waals surface area contributed by atoms with Crippen molar-refractivity contribution in [2.24, 2.45) is 0 Å². The van der Waals surface area contributed by atoms with E-state index >= 15 is 0 Å². The Morgan fingerprint density at radius 3 is 2.55 bits per heavy atom. The third-order valence-corrected chi connectivity index (χ3v) is 5.13. The van der Waals surface area contributed by atoms with Crippen LogP contribution in [0.15, 0.2) is 59.1 Å². The summed E-state index contributed by atoms with van der Waals surface area (Å²) in [5.74, 6) is 0. The first kappa shape index (κ1) is 14.7. The Labute approximate surface area is 132 Å². The molecule has 112 valence electrons. The third-order valence-electron chi connectivity index (χ3n) is 2.99. The molecule has 0 unspecified atom stereocenters. The average Bonchev–Trinajstić information content (AvgIpc) is 2.97. The Kier molecular flexibility index (Phi) is 3.91. The van der Waals surface area contributed by atoms with Gasteiger partial charge in [0.1, 0.15) is 0 Å². The van der Waals surface area contributed by atoms with Crippen molar-refractivity contribution in [2.75, 3.05) is 4.72 Å². The van der Waals surface area contributed by atoms with Gasteiger partial charge < -0.3 is 0 Å². The van der Waals surface area contributed by atoms with E-state index in [1.807, 2.05) is 36.6 Å². The van der Waals surface area contributed by atoms with Crippen molar-refractivity contribution < 1.29 is 8.42 Å². The zero-order valence-corrected chi connectivity index (χ0v) is 13.4. The number of nitrogens with one attached hydrogen (secondary N) is 1. The van der Waals surface area contributed by atoms with Gasteiger partial charge in [0.25, 0.3) is 10.0 Å². The highest BCUT2D eigenvalue weighted by Crippen LogP contribution is 2.26. The van der Waals surface area contributed by atoms with Gasteiger partial charge in [0.15, 0.2) is 10.2 Å². The van der Waals surface area contributed by atoms with Crippen molar-refractivity contribution >= 4 is 26.5 Å². The van der Waals surface area contributed by atoms with E-state index in [1.165, 1.54) is 23.6 Å². The molecule has 0 saturated heterocycles. The molecule has 0 atom stereocenters. The second-order valence-corrected chi connectivity index (χ2v) is 7.16. The molecular weight excluding hydrogens is 318 g/mol. The predicted molar refractivity (Wildman–Crippen MR) is 87.3 cm³/mol. The Bertz CT molecular complexity index is 873. The minimum absolute atomic E-state index is 0.0258. The molecule has 2 heterocycles. The van der Waals surface area contributed by atoms with Gasteiger partial charge in [-0.1, -0.05) is 35.9 Å². The maximum absolute atomic E-state index is 12.2. The van der Waals surface area contributed by atoms with Crippen molar-refractivity contribution in [1.82, 2.24) is 9.97 Å². The van der Waals surface area contributed by atoms with Gasteiger partial charge >= 0.3 is 0 Å². The molecule has 0 spiro atoms. The van der Waals surface area contributed by atoms with Crippen LogP contribution in [-0.2, 0) is 10.0 Å². The van der Waals surface area contributed by atoms with Gasteiger partial charge in [-0.2, -0.15) is 8.42 Å². The quantitative estimate of drug-likeness (QED) is 0.796. The molecule has 3 rings (SSSR count).